The Morgan fingerprint density at radius 3 is 2.52 bits per heavy atom. The summed E-state index contributed by atoms with van der Waals surface area (Å²) in [5.74, 6) is -0.179. The third-order valence-corrected chi connectivity index (χ3v) is 6.48. The molecule has 156 valence electrons. The van der Waals surface area contributed by atoms with E-state index in [4.69, 9.17) is 11.6 Å². The normalized spacial score (nSPS) is 17.9. The minimum atomic E-state index is -0.561. The summed E-state index contributed by atoms with van der Waals surface area (Å²) in [7, 11) is 0. The van der Waals surface area contributed by atoms with Crippen LogP contribution in [0.25, 0.3) is 0 Å². The molecule has 3 aromatic rings. The zero-order valence-corrected chi connectivity index (χ0v) is 17.8. The van der Waals surface area contributed by atoms with Crippen LogP contribution in [-0.2, 0) is 30.6 Å². The van der Waals surface area contributed by atoms with Gasteiger partial charge >= 0.3 is 0 Å². The summed E-state index contributed by atoms with van der Waals surface area (Å²) in [4.78, 5) is 28.3. The number of carbonyl (C=O) groups excluding carboxylic acids is 2. The first-order chi connectivity index (χ1) is 15.1. The summed E-state index contributed by atoms with van der Waals surface area (Å²) in [6, 6.07) is 22.8. The van der Waals surface area contributed by atoms with Crippen molar-refractivity contribution in [1.82, 2.24) is 10.2 Å². The molecule has 31 heavy (non-hydrogen) atoms. The number of carbonyl (C=O) groups is 2. The Hall–Kier alpha value is -3.11. The predicted molar refractivity (Wildman–Crippen MR) is 121 cm³/mol. The lowest BCUT2D eigenvalue weighted by Crippen LogP contribution is -2.51. The van der Waals surface area contributed by atoms with Crippen molar-refractivity contribution >= 4 is 23.4 Å². The van der Waals surface area contributed by atoms with Gasteiger partial charge in [-0.3, -0.25) is 9.59 Å². The highest BCUT2D eigenvalue weighted by Crippen LogP contribution is 2.28. The fourth-order valence-corrected chi connectivity index (χ4v) is 4.89. The fourth-order valence-electron chi connectivity index (χ4n) is 4.70. The topological polar surface area (TPSA) is 49.4 Å². The highest BCUT2D eigenvalue weighted by atomic mass is 35.5. The number of benzene rings is 3. The number of amides is 2. The Balaban J connectivity index is 1.37. The first-order valence-corrected chi connectivity index (χ1v) is 11.0. The average molecular weight is 431 g/mol. The van der Waals surface area contributed by atoms with Crippen molar-refractivity contribution in [2.24, 2.45) is 0 Å². The number of nitrogens with one attached hydrogen (secondary N) is 1. The van der Waals surface area contributed by atoms with Crippen molar-refractivity contribution in [2.45, 2.75) is 37.9 Å². The maximum atomic E-state index is 13.5. The van der Waals surface area contributed by atoms with Crippen LogP contribution in [0.5, 0.6) is 0 Å². The monoisotopic (exact) mass is 430 g/mol. The van der Waals surface area contributed by atoms with E-state index in [2.05, 4.69) is 5.32 Å². The molecule has 1 aliphatic carbocycles. The van der Waals surface area contributed by atoms with E-state index in [1.165, 1.54) is 11.1 Å². The van der Waals surface area contributed by atoms with Crippen LogP contribution in [0.4, 0.5) is 0 Å². The molecular weight excluding hydrogens is 408 g/mol. The second-order valence-electron chi connectivity index (χ2n) is 8.32. The standard InChI is InChI=1S/C26H23ClN2O2/c27-21-11-10-18-14-22(15-20(18)13-21)28-25(30)24(12-17-6-2-1-3-7-17)29-16-19-8-4-5-9-23(19)26(29)31/h1-11,13,22,24H,12,14-16H2,(H,28,30)/t22?,24-/m1/s1. The van der Waals surface area contributed by atoms with Gasteiger partial charge in [0.05, 0.1) is 0 Å². The molecular formula is C26H23ClN2O2. The van der Waals surface area contributed by atoms with Crippen LogP contribution in [0.3, 0.4) is 0 Å². The summed E-state index contributed by atoms with van der Waals surface area (Å²) in [5, 5.41) is 3.93. The first kappa shape index (κ1) is 19.8. The van der Waals surface area contributed by atoms with Crippen LogP contribution in [0.2, 0.25) is 5.02 Å². The molecule has 3 aromatic carbocycles. The Kier molecular flexibility index (Phi) is 5.24. The van der Waals surface area contributed by atoms with Gasteiger partial charge in [-0.2, -0.15) is 0 Å². The molecule has 2 aliphatic rings. The summed E-state index contributed by atoms with van der Waals surface area (Å²) in [5.41, 5.74) is 5.10. The van der Waals surface area contributed by atoms with Gasteiger partial charge in [-0.15, -0.1) is 0 Å². The van der Waals surface area contributed by atoms with Crippen molar-refractivity contribution in [3.63, 3.8) is 0 Å². The lowest BCUT2D eigenvalue weighted by Gasteiger charge is -2.28. The van der Waals surface area contributed by atoms with Gasteiger partial charge in [-0.05, 0) is 53.3 Å². The van der Waals surface area contributed by atoms with Crippen molar-refractivity contribution in [3.05, 3.63) is 106 Å². The van der Waals surface area contributed by atoms with Crippen molar-refractivity contribution < 1.29 is 9.59 Å². The molecule has 1 aliphatic heterocycles. The van der Waals surface area contributed by atoms with E-state index in [-0.39, 0.29) is 17.9 Å². The first-order valence-electron chi connectivity index (χ1n) is 10.6. The maximum absolute atomic E-state index is 13.5. The number of nitrogens with zero attached hydrogens (tertiary/aromatic N) is 1. The van der Waals surface area contributed by atoms with Crippen LogP contribution in [0.15, 0.2) is 72.8 Å². The lowest BCUT2D eigenvalue weighted by atomic mass is 10.0. The predicted octanol–water partition coefficient (Wildman–Crippen LogP) is 4.19. The number of fused-ring (bicyclic) bond motifs is 2. The number of halogens is 1. The maximum Gasteiger partial charge on any atom is 0.255 e. The Bertz CT molecular complexity index is 1150. The Morgan fingerprint density at radius 2 is 1.71 bits per heavy atom. The van der Waals surface area contributed by atoms with Crippen molar-refractivity contribution in [1.29, 1.82) is 0 Å². The van der Waals surface area contributed by atoms with E-state index in [0.717, 1.165) is 24.0 Å². The van der Waals surface area contributed by atoms with Gasteiger partial charge in [0.25, 0.3) is 5.91 Å². The van der Waals surface area contributed by atoms with Gasteiger partial charge in [0.15, 0.2) is 0 Å². The largest absolute Gasteiger partial charge is 0.351 e. The van der Waals surface area contributed by atoms with E-state index in [0.29, 0.717) is 23.6 Å². The van der Waals surface area contributed by atoms with Crippen LogP contribution in [-0.4, -0.2) is 28.8 Å². The molecule has 4 nitrogen and oxygen atoms in total. The SMILES string of the molecule is O=C(NC1Cc2ccc(Cl)cc2C1)[C@@H](Cc1ccccc1)N1Cc2ccccc2C1=O. The van der Waals surface area contributed by atoms with Gasteiger partial charge in [-0.1, -0.05) is 66.2 Å². The van der Waals surface area contributed by atoms with E-state index in [1.54, 1.807) is 4.90 Å². The highest BCUT2D eigenvalue weighted by Gasteiger charge is 2.37. The molecule has 2 amide bonds. The average Bonchev–Trinajstić information content (AvgIpc) is 3.32. The third-order valence-electron chi connectivity index (χ3n) is 6.25. The summed E-state index contributed by atoms with van der Waals surface area (Å²) < 4.78 is 0. The van der Waals surface area contributed by atoms with Crippen LogP contribution >= 0.6 is 11.6 Å². The van der Waals surface area contributed by atoms with Crippen LogP contribution in [0.1, 0.15) is 32.6 Å². The van der Waals surface area contributed by atoms with Gasteiger partial charge < -0.3 is 10.2 Å². The van der Waals surface area contributed by atoms with Crippen molar-refractivity contribution in [3.8, 4) is 0 Å². The summed E-state index contributed by atoms with van der Waals surface area (Å²) in [6.07, 6.45) is 2.02. The number of hydrogen-bond donors (Lipinski definition) is 1. The van der Waals surface area contributed by atoms with E-state index >= 15 is 0 Å². The molecule has 1 N–H and O–H groups in total. The van der Waals surface area contributed by atoms with Gasteiger partial charge in [0.2, 0.25) is 5.91 Å². The molecule has 0 saturated carbocycles. The zero-order valence-electron chi connectivity index (χ0n) is 17.1. The summed E-state index contributed by atoms with van der Waals surface area (Å²) in [6.45, 7) is 0.459. The Morgan fingerprint density at radius 1 is 0.968 bits per heavy atom. The lowest BCUT2D eigenvalue weighted by molar-refractivity contribution is -0.126. The van der Waals surface area contributed by atoms with Gasteiger partial charge in [0, 0.05) is 29.6 Å². The molecule has 0 saturated heterocycles. The molecule has 2 atom stereocenters. The molecule has 0 bridgehead atoms. The molecule has 0 radical (unpaired) electrons. The summed E-state index contributed by atoms with van der Waals surface area (Å²) >= 11 is 6.13. The van der Waals surface area contributed by atoms with E-state index in [1.807, 2.05) is 72.8 Å². The fraction of sp³-hybridized carbons (Fsp3) is 0.231. The smallest absolute Gasteiger partial charge is 0.255 e. The molecule has 1 unspecified atom stereocenters. The molecule has 0 aromatic heterocycles. The van der Waals surface area contributed by atoms with Crippen molar-refractivity contribution in [2.75, 3.05) is 0 Å². The minimum absolute atomic E-state index is 0.0133. The zero-order chi connectivity index (χ0) is 21.4. The number of rotatable bonds is 5. The molecule has 0 fully saturated rings. The minimum Gasteiger partial charge on any atom is -0.351 e. The van der Waals surface area contributed by atoms with E-state index < -0.39 is 6.04 Å². The molecule has 5 heteroatoms. The van der Waals surface area contributed by atoms with Gasteiger partial charge in [-0.25, -0.2) is 0 Å². The second-order valence-corrected chi connectivity index (χ2v) is 8.76. The third kappa shape index (κ3) is 3.96. The Labute approximate surface area is 186 Å². The molecule has 5 rings (SSSR count). The molecule has 0 spiro atoms. The van der Waals surface area contributed by atoms with Gasteiger partial charge in [0.1, 0.15) is 6.04 Å². The quantitative estimate of drug-likeness (QED) is 0.659. The number of hydrogen-bond acceptors (Lipinski definition) is 2. The van der Waals surface area contributed by atoms with E-state index in [9.17, 15) is 9.59 Å². The highest BCUT2D eigenvalue weighted by molar-refractivity contribution is 6.30. The van der Waals surface area contributed by atoms with Crippen LogP contribution < -0.4 is 5.32 Å². The van der Waals surface area contributed by atoms with Crippen LogP contribution in [0, 0.1) is 0 Å². The second kappa shape index (κ2) is 8.20. The molecule has 1 heterocycles.